The number of amides is 1. The Morgan fingerprint density at radius 1 is 1.36 bits per heavy atom. The number of carbonyl (C=O) groups excluding carboxylic acids is 1. The van der Waals surface area contributed by atoms with Gasteiger partial charge in [-0.2, -0.15) is 0 Å². The van der Waals surface area contributed by atoms with Crippen molar-refractivity contribution >= 4 is 11.8 Å². The molecule has 4 heteroatoms. The molecule has 1 aromatic carbocycles. The number of nitrogens with one attached hydrogen (secondary N) is 1. The van der Waals surface area contributed by atoms with Crippen molar-refractivity contribution in [1.29, 1.82) is 5.41 Å². The summed E-state index contributed by atoms with van der Waals surface area (Å²) in [5.74, 6) is -0.372. The molecule has 3 N–H and O–H groups in total. The predicted molar refractivity (Wildman–Crippen MR) is 53.4 cm³/mol. The van der Waals surface area contributed by atoms with Crippen LogP contribution in [0.5, 0.6) is 0 Å². The Labute approximate surface area is 82.2 Å². The van der Waals surface area contributed by atoms with Gasteiger partial charge in [-0.1, -0.05) is 0 Å². The number of hydrogen-bond acceptors (Lipinski definition) is 3. The molecule has 0 saturated heterocycles. The molecule has 0 aliphatic heterocycles. The average molecular weight is 192 g/mol. The van der Waals surface area contributed by atoms with Gasteiger partial charge in [-0.3, -0.25) is 10.2 Å². The monoisotopic (exact) mass is 192 g/mol. The SMILES string of the molecule is CCOC(=N)c1ccc(C(N)=O)cc1. The molecule has 0 aliphatic carbocycles. The Bertz CT molecular complexity index is 344. The van der Waals surface area contributed by atoms with Crippen LogP contribution in [0, 0.1) is 5.41 Å². The highest BCUT2D eigenvalue weighted by molar-refractivity contribution is 5.95. The maximum absolute atomic E-state index is 10.7. The van der Waals surface area contributed by atoms with Gasteiger partial charge >= 0.3 is 0 Å². The number of ether oxygens (including phenoxy) is 1. The predicted octanol–water partition coefficient (Wildman–Crippen LogP) is 1.15. The van der Waals surface area contributed by atoms with Gasteiger partial charge in [-0.25, -0.2) is 0 Å². The highest BCUT2D eigenvalue weighted by Crippen LogP contribution is 2.05. The molecule has 0 bridgehead atoms. The van der Waals surface area contributed by atoms with E-state index in [4.69, 9.17) is 15.9 Å². The van der Waals surface area contributed by atoms with Gasteiger partial charge in [0, 0.05) is 11.1 Å². The second kappa shape index (κ2) is 4.41. The van der Waals surface area contributed by atoms with E-state index >= 15 is 0 Å². The Balaban J connectivity index is 2.83. The van der Waals surface area contributed by atoms with Gasteiger partial charge < -0.3 is 10.5 Å². The van der Waals surface area contributed by atoms with Crippen LogP contribution >= 0.6 is 0 Å². The topological polar surface area (TPSA) is 76.2 Å². The van der Waals surface area contributed by atoms with Crippen LogP contribution < -0.4 is 5.73 Å². The van der Waals surface area contributed by atoms with Crippen LogP contribution in [0.25, 0.3) is 0 Å². The molecule has 4 nitrogen and oxygen atoms in total. The summed E-state index contributed by atoms with van der Waals surface area (Å²) >= 11 is 0. The highest BCUT2D eigenvalue weighted by Gasteiger charge is 2.03. The Morgan fingerprint density at radius 2 is 1.86 bits per heavy atom. The number of primary amides is 1. The zero-order chi connectivity index (χ0) is 10.6. The minimum atomic E-state index is -0.473. The number of nitrogens with two attached hydrogens (primary N) is 1. The van der Waals surface area contributed by atoms with E-state index in [0.717, 1.165) is 0 Å². The van der Waals surface area contributed by atoms with Crippen molar-refractivity contribution in [2.75, 3.05) is 6.61 Å². The first-order valence-electron chi connectivity index (χ1n) is 4.26. The van der Waals surface area contributed by atoms with Crippen LogP contribution in [0.3, 0.4) is 0 Å². The highest BCUT2D eigenvalue weighted by atomic mass is 16.5. The van der Waals surface area contributed by atoms with Crippen molar-refractivity contribution in [3.63, 3.8) is 0 Å². The Morgan fingerprint density at radius 3 is 2.29 bits per heavy atom. The fourth-order valence-corrected chi connectivity index (χ4v) is 1.01. The molecule has 1 rings (SSSR count). The normalized spacial score (nSPS) is 9.50. The first-order chi connectivity index (χ1) is 6.65. The van der Waals surface area contributed by atoms with Crippen LogP contribution in [0.4, 0.5) is 0 Å². The van der Waals surface area contributed by atoms with Crippen molar-refractivity contribution < 1.29 is 9.53 Å². The lowest BCUT2D eigenvalue weighted by Gasteiger charge is -2.04. The van der Waals surface area contributed by atoms with Gasteiger partial charge in [0.1, 0.15) is 0 Å². The Kier molecular flexibility index (Phi) is 3.23. The summed E-state index contributed by atoms with van der Waals surface area (Å²) in [5.41, 5.74) is 6.14. The minimum absolute atomic E-state index is 0.100. The van der Waals surface area contributed by atoms with E-state index in [-0.39, 0.29) is 5.90 Å². The smallest absolute Gasteiger partial charge is 0.248 e. The van der Waals surface area contributed by atoms with Gasteiger partial charge in [-0.05, 0) is 31.2 Å². The molecule has 74 valence electrons. The zero-order valence-corrected chi connectivity index (χ0v) is 7.91. The molecular formula is C10H12N2O2. The number of carbonyl (C=O) groups is 1. The second-order valence-electron chi connectivity index (χ2n) is 2.70. The third kappa shape index (κ3) is 2.32. The summed E-state index contributed by atoms with van der Waals surface area (Å²) in [6.07, 6.45) is 0. The molecule has 0 heterocycles. The maximum atomic E-state index is 10.7. The summed E-state index contributed by atoms with van der Waals surface area (Å²) < 4.78 is 5.00. The summed E-state index contributed by atoms with van der Waals surface area (Å²) in [4.78, 5) is 10.7. The number of hydrogen-bond donors (Lipinski definition) is 2. The molecule has 0 fully saturated rings. The molecule has 0 aromatic heterocycles. The van der Waals surface area contributed by atoms with E-state index in [9.17, 15) is 4.79 Å². The molecular weight excluding hydrogens is 180 g/mol. The number of rotatable bonds is 3. The largest absolute Gasteiger partial charge is 0.478 e. The van der Waals surface area contributed by atoms with Crippen molar-refractivity contribution in [3.8, 4) is 0 Å². The second-order valence-corrected chi connectivity index (χ2v) is 2.70. The molecule has 14 heavy (non-hydrogen) atoms. The van der Waals surface area contributed by atoms with E-state index < -0.39 is 5.91 Å². The molecule has 1 amide bonds. The first-order valence-corrected chi connectivity index (χ1v) is 4.26. The van der Waals surface area contributed by atoms with Crippen LogP contribution in [-0.4, -0.2) is 18.4 Å². The summed E-state index contributed by atoms with van der Waals surface area (Å²) in [7, 11) is 0. The lowest BCUT2D eigenvalue weighted by molar-refractivity contribution is 0.100. The fraction of sp³-hybridized carbons (Fsp3) is 0.200. The maximum Gasteiger partial charge on any atom is 0.248 e. The van der Waals surface area contributed by atoms with E-state index in [0.29, 0.717) is 17.7 Å². The molecule has 1 aromatic rings. The van der Waals surface area contributed by atoms with Gasteiger partial charge in [0.05, 0.1) is 6.61 Å². The summed E-state index contributed by atoms with van der Waals surface area (Å²) in [6.45, 7) is 2.27. The molecule has 0 radical (unpaired) electrons. The van der Waals surface area contributed by atoms with Gasteiger partial charge in [0.25, 0.3) is 0 Å². The molecule has 0 saturated carbocycles. The van der Waals surface area contributed by atoms with Crippen molar-refractivity contribution in [3.05, 3.63) is 35.4 Å². The quantitative estimate of drug-likeness (QED) is 0.556. The van der Waals surface area contributed by atoms with E-state index in [1.165, 1.54) is 0 Å². The van der Waals surface area contributed by atoms with E-state index in [2.05, 4.69) is 0 Å². The van der Waals surface area contributed by atoms with Crippen molar-refractivity contribution in [2.45, 2.75) is 6.92 Å². The third-order valence-electron chi connectivity index (χ3n) is 1.72. The zero-order valence-electron chi connectivity index (χ0n) is 7.91. The third-order valence-corrected chi connectivity index (χ3v) is 1.72. The Hall–Kier alpha value is -1.84. The minimum Gasteiger partial charge on any atom is -0.478 e. The summed E-state index contributed by atoms with van der Waals surface area (Å²) in [5, 5.41) is 7.47. The molecule has 0 spiro atoms. The lowest BCUT2D eigenvalue weighted by Crippen LogP contribution is -2.11. The van der Waals surface area contributed by atoms with Crippen LogP contribution in [-0.2, 0) is 4.74 Å². The first kappa shape index (κ1) is 10.2. The molecule has 0 aliphatic rings. The van der Waals surface area contributed by atoms with Crippen LogP contribution in [0.2, 0.25) is 0 Å². The molecule has 0 unspecified atom stereocenters. The number of benzene rings is 1. The lowest BCUT2D eigenvalue weighted by atomic mass is 10.1. The fourth-order valence-electron chi connectivity index (χ4n) is 1.01. The standard InChI is InChI=1S/C10H12N2O2/c1-2-14-10(12)8-5-3-7(4-6-8)9(11)13/h3-6,12H,2H2,1H3,(H2,11,13). The summed E-state index contributed by atoms with van der Waals surface area (Å²) in [6, 6.07) is 6.42. The van der Waals surface area contributed by atoms with Crippen LogP contribution in [0.1, 0.15) is 22.8 Å². The average Bonchev–Trinajstić information content (AvgIpc) is 2.18. The molecule has 0 atom stereocenters. The van der Waals surface area contributed by atoms with Crippen molar-refractivity contribution in [2.24, 2.45) is 5.73 Å². The van der Waals surface area contributed by atoms with E-state index in [1.54, 1.807) is 24.3 Å². The van der Waals surface area contributed by atoms with Crippen molar-refractivity contribution in [1.82, 2.24) is 0 Å². The van der Waals surface area contributed by atoms with Gasteiger partial charge in [0.2, 0.25) is 11.8 Å². The van der Waals surface area contributed by atoms with Gasteiger partial charge in [0.15, 0.2) is 0 Å². The van der Waals surface area contributed by atoms with Gasteiger partial charge in [-0.15, -0.1) is 0 Å². The van der Waals surface area contributed by atoms with E-state index in [1.807, 2.05) is 6.92 Å². The van der Waals surface area contributed by atoms with Crippen LogP contribution in [0.15, 0.2) is 24.3 Å².